The Balaban J connectivity index is 1.80. The second-order valence-corrected chi connectivity index (χ2v) is 7.26. The first-order valence-corrected chi connectivity index (χ1v) is 9.78. The van der Waals surface area contributed by atoms with Crippen molar-refractivity contribution in [2.24, 2.45) is 5.92 Å². The lowest BCUT2D eigenvalue weighted by atomic mass is 9.98. The van der Waals surface area contributed by atoms with Crippen molar-refractivity contribution in [2.45, 2.75) is 39.2 Å². The number of ketones is 1. The van der Waals surface area contributed by atoms with E-state index in [1.807, 2.05) is 6.92 Å². The molecule has 6 nitrogen and oxygen atoms in total. The summed E-state index contributed by atoms with van der Waals surface area (Å²) in [4.78, 5) is 34.7. The van der Waals surface area contributed by atoms with Crippen molar-refractivity contribution in [1.29, 1.82) is 0 Å². The number of hydrogen-bond acceptors (Lipinski definition) is 5. The topological polar surface area (TPSA) is 101 Å². The zero-order valence-electron chi connectivity index (χ0n) is 16.9. The molecule has 0 aliphatic carbocycles. The maximum Gasteiger partial charge on any atom is 0.336 e. The second kappa shape index (κ2) is 11.7. The van der Waals surface area contributed by atoms with Gasteiger partial charge in [-0.3, -0.25) is 9.59 Å². The van der Waals surface area contributed by atoms with Crippen molar-refractivity contribution in [3.8, 4) is 5.75 Å². The van der Waals surface area contributed by atoms with Gasteiger partial charge in [0.25, 0.3) is 0 Å². The third-order valence-corrected chi connectivity index (χ3v) is 4.56. The molecule has 2 rings (SSSR count). The Bertz CT molecular complexity index is 881. The van der Waals surface area contributed by atoms with Crippen molar-refractivity contribution in [3.63, 3.8) is 0 Å². The van der Waals surface area contributed by atoms with Gasteiger partial charge >= 0.3 is 11.9 Å². The van der Waals surface area contributed by atoms with E-state index in [0.717, 1.165) is 16.7 Å². The van der Waals surface area contributed by atoms with Gasteiger partial charge in [-0.2, -0.15) is 0 Å². The molecule has 2 aromatic rings. The summed E-state index contributed by atoms with van der Waals surface area (Å²) >= 11 is 0. The van der Waals surface area contributed by atoms with Crippen molar-refractivity contribution in [3.05, 3.63) is 71.3 Å². The van der Waals surface area contributed by atoms with Gasteiger partial charge in [0.15, 0.2) is 0 Å². The minimum absolute atomic E-state index is 0.0303. The molecule has 0 spiro atoms. The number of aliphatic hydroxyl groups is 1. The van der Waals surface area contributed by atoms with E-state index in [-0.39, 0.29) is 31.1 Å². The molecule has 0 aromatic heterocycles. The summed E-state index contributed by atoms with van der Waals surface area (Å²) in [6.45, 7) is 1.79. The third-order valence-electron chi connectivity index (χ3n) is 4.56. The van der Waals surface area contributed by atoms with Gasteiger partial charge in [-0.25, -0.2) is 4.79 Å². The Hall–Kier alpha value is -3.25. The van der Waals surface area contributed by atoms with Crippen LogP contribution >= 0.6 is 0 Å². The number of Topliss-reactive ketones (excluding diaryl/α,β-unsaturated/α-hetero) is 1. The molecule has 2 N–H and O–H groups in total. The second-order valence-electron chi connectivity index (χ2n) is 7.26. The van der Waals surface area contributed by atoms with Crippen molar-refractivity contribution in [2.75, 3.05) is 0 Å². The van der Waals surface area contributed by atoms with Gasteiger partial charge in [-0.1, -0.05) is 43.3 Å². The molecular weight excluding hydrogens is 384 g/mol. The third kappa shape index (κ3) is 8.41. The first kappa shape index (κ1) is 23.0. The molecule has 0 aliphatic heterocycles. The van der Waals surface area contributed by atoms with Crippen molar-refractivity contribution in [1.82, 2.24) is 0 Å². The van der Waals surface area contributed by atoms with E-state index >= 15 is 0 Å². The van der Waals surface area contributed by atoms with Crippen LogP contribution in [0.5, 0.6) is 5.75 Å². The monoisotopic (exact) mass is 410 g/mol. The minimum atomic E-state index is -0.852. The van der Waals surface area contributed by atoms with Gasteiger partial charge in [0.2, 0.25) is 0 Å². The molecule has 1 unspecified atom stereocenters. The molecule has 6 heteroatoms. The number of ether oxygens (including phenoxy) is 1. The van der Waals surface area contributed by atoms with Crippen LogP contribution in [0.3, 0.4) is 0 Å². The number of rotatable bonds is 11. The summed E-state index contributed by atoms with van der Waals surface area (Å²) in [7, 11) is 0. The largest absolute Gasteiger partial charge is 0.481 e. The predicted octanol–water partition coefficient (Wildman–Crippen LogP) is 3.80. The Morgan fingerprint density at radius 2 is 1.63 bits per heavy atom. The van der Waals surface area contributed by atoms with Gasteiger partial charge in [-0.15, -0.1) is 0 Å². The lowest BCUT2D eigenvalue weighted by molar-refractivity contribution is -0.138. The summed E-state index contributed by atoms with van der Waals surface area (Å²) in [6.07, 6.45) is 4.17. The average Bonchev–Trinajstić information content (AvgIpc) is 2.72. The van der Waals surface area contributed by atoms with Crippen LogP contribution in [0.15, 0.2) is 54.6 Å². The smallest absolute Gasteiger partial charge is 0.336 e. The average molecular weight is 410 g/mol. The molecule has 0 fully saturated rings. The number of hydrogen-bond donors (Lipinski definition) is 2. The first-order valence-electron chi connectivity index (χ1n) is 9.78. The van der Waals surface area contributed by atoms with Gasteiger partial charge in [0.1, 0.15) is 11.5 Å². The molecule has 1 atom stereocenters. The van der Waals surface area contributed by atoms with E-state index < -0.39 is 11.9 Å². The van der Waals surface area contributed by atoms with Crippen LogP contribution in [0.4, 0.5) is 0 Å². The van der Waals surface area contributed by atoms with E-state index in [1.54, 1.807) is 54.6 Å². The number of carboxylic acid groups (broad SMARTS) is 1. The van der Waals surface area contributed by atoms with Crippen LogP contribution in [0, 0.1) is 5.92 Å². The van der Waals surface area contributed by atoms with Gasteiger partial charge in [0, 0.05) is 25.3 Å². The number of aliphatic hydroxyl groups excluding tert-OH is 1. The molecule has 0 heterocycles. The number of esters is 1. The van der Waals surface area contributed by atoms with E-state index in [4.69, 9.17) is 14.9 Å². The van der Waals surface area contributed by atoms with E-state index in [9.17, 15) is 14.4 Å². The highest BCUT2D eigenvalue weighted by Crippen LogP contribution is 2.16. The fourth-order valence-electron chi connectivity index (χ4n) is 2.85. The Labute approximate surface area is 175 Å². The van der Waals surface area contributed by atoms with Crippen LogP contribution in [-0.2, 0) is 27.4 Å². The number of carboxylic acids is 1. The highest BCUT2D eigenvalue weighted by Gasteiger charge is 2.11. The van der Waals surface area contributed by atoms with Gasteiger partial charge < -0.3 is 14.9 Å². The Kier molecular flexibility index (Phi) is 8.97. The van der Waals surface area contributed by atoms with Crippen molar-refractivity contribution >= 4 is 23.8 Å². The van der Waals surface area contributed by atoms with E-state index in [0.29, 0.717) is 18.6 Å². The fraction of sp³-hybridized carbons (Fsp3) is 0.292. The lowest BCUT2D eigenvalue weighted by Crippen LogP contribution is -2.09. The maximum absolute atomic E-state index is 12.1. The molecule has 0 bridgehead atoms. The van der Waals surface area contributed by atoms with Crippen LogP contribution in [0.25, 0.3) is 6.08 Å². The van der Waals surface area contributed by atoms with Crippen LogP contribution < -0.4 is 4.74 Å². The summed E-state index contributed by atoms with van der Waals surface area (Å²) in [5, 5.41) is 17.8. The normalized spacial score (nSPS) is 11.9. The van der Waals surface area contributed by atoms with Crippen LogP contribution in [-0.4, -0.2) is 27.9 Å². The Morgan fingerprint density at radius 1 is 1.00 bits per heavy atom. The fourth-order valence-corrected chi connectivity index (χ4v) is 2.85. The molecule has 0 radical (unpaired) electrons. The zero-order valence-corrected chi connectivity index (χ0v) is 16.9. The lowest BCUT2D eigenvalue weighted by Gasteiger charge is -2.08. The van der Waals surface area contributed by atoms with E-state index in [1.165, 1.54) is 6.08 Å². The summed E-state index contributed by atoms with van der Waals surface area (Å²) in [5.74, 6) is -0.973. The number of carbonyl (C=O) groups excluding carboxylic acids is 2. The SMILES string of the molecule is CC(CCC(=O)Cc1ccc(OC(=O)/C=C/c2ccc(CO)cc2)cc1)CC(=O)O. The molecule has 0 saturated carbocycles. The van der Waals surface area contributed by atoms with Gasteiger partial charge in [0.05, 0.1) is 6.61 Å². The molecule has 0 amide bonds. The summed E-state index contributed by atoms with van der Waals surface area (Å²) in [6, 6.07) is 13.9. The van der Waals surface area contributed by atoms with Crippen LogP contribution in [0.1, 0.15) is 42.9 Å². The molecule has 158 valence electrons. The molecule has 0 saturated heterocycles. The minimum Gasteiger partial charge on any atom is -0.481 e. The highest BCUT2D eigenvalue weighted by molar-refractivity contribution is 5.88. The molecular formula is C24H26O6. The van der Waals surface area contributed by atoms with Gasteiger partial charge in [-0.05, 0) is 47.2 Å². The Morgan fingerprint density at radius 3 is 2.23 bits per heavy atom. The molecule has 2 aromatic carbocycles. The number of benzene rings is 2. The summed E-state index contributed by atoms with van der Waals surface area (Å²) in [5.41, 5.74) is 2.42. The molecule has 0 aliphatic rings. The van der Waals surface area contributed by atoms with E-state index in [2.05, 4.69) is 0 Å². The predicted molar refractivity (Wildman–Crippen MR) is 113 cm³/mol. The quantitative estimate of drug-likeness (QED) is 0.332. The molecule has 30 heavy (non-hydrogen) atoms. The van der Waals surface area contributed by atoms with Crippen LogP contribution in [0.2, 0.25) is 0 Å². The number of carbonyl (C=O) groups is 3. The maximum atomic E-state index is 12.1. The highest BCUT2D eigenvalue weighted by atomic mass is 16.5. The summed E-state index contributed by atoms with van der Waals surface area (Å²) < 4.78 is 5.25. The zero-order chi connectivity index (χ0) is 21.9. The standard InChI is InChI=1S/C24H26O6/c1-17(14-23(27)28)2-10-21(26)15-19-7-11-22(12-8-19)30-24(29)13-9-18-3-5-20(16-25)6-4-18/h3-9,11-13,17,25H,2,10,14-16H2,1H3,(H,27,28)/b13-9+. The first-order chi connectivity index (χ1) is 14.4. The number of aliphatic carboxylic acids is 1. The van der Waals surface area contributed by atoms with Crippen molar-refractivity contribution < 1.29 is 29.3 Å².